The molecule has 0 spiro atoms. The second kappa shape index (κ2) is 8.80. The molecule has 19 heavy (non-hydrogen) atoms. The van der Waals surface area contributed by atoms with Crippen molar-refractivity contribution in [2.75, 3.05) is 20.1 Å². The fourth-order valence-corrected chi connectivity index (χ4v) is 3.53. The third-order valence-electron chi connectivity index (χ3n) is 3.88. The summed E-state index contributed by atoms with van der Waals surface area (Å²) >= 11 is 0. The van der Waals surface area contributed by atoms with E-state index in [1.165, 1.54) is 19.3 Å². The maximum Gasteiger partial charge on any atom is 0.220 e. The van der Waals surface area contributed by atoms with Crippen molar-refractivity contribution < 1.29 is 4.79 Å². The van der Waals surface area contributed by atoms with Gasteiger partial charge in [0.2, 0.25) is 5.91 Å². The van der Waals surface area contributed by atoms with E-state index in [1.54, 1.807) is 0 Å². The SMILES string of the molecule is CNCCCNC(=O)CC1CC(C)CC(C)(C)C1.Cl. The molecule has 1 amide bonds. The van der Waals surface area contributed by atoms with E-state index in [4.69, 9.17) is 0 Å². The molecular formula is C15H31ClN2O. The fraction of sp³-hybridized carbons (Fsp3) is 0.933. The predicted molar refractivity (Wildman–Crippen MR) is 83.7 cm³/mol. The minimum absolute atomic E-state index is 0. The molecule has 0 radical (unpaired) electrons. The number of hydrogen-bond donors (Lipinski definition) is 2. The van der Waals surface area contributed by atoms with Crippen molar-refractivity contribution in [3.8, 4) is 0 Å². The van der Waals surface area contributed by atoms with Crippen molar-refractivity contribution in [3.63, 3.8) is 0 Å². The van der Waals surface area contributed by atoms with Gasteiger partial charge < -0.3 is 10.6 Å². The van der Waals surface area contributed by atoms with Crippen LogP contribution in [0.4, 0.5) is 0 Å². The Balaban J connectivity index is 0.00000324. The highest BCUT2D eigenvalue weighted by atomic mass is 35.5. The molecule has 0 aromatic carbocycles. The van der Waals surface area contributed by atoms with Gasteiger partial charge in [-0.25, -0.2) is 0 Å². The van der Waals surface area contributed by atoms with Crippen LogP contribution in [0.1, 0.15) is 52.9 Å². The van der Waals surface area contributed by atoms with Crippen LogP contribution < -0.4 is 10.6 Å². The number of halogens is 1. The van der Waals surface area contributed by atoms with Gasteiger partial charge in [-0.2, -0.15) is 0 Å². The Hall–Kier alpha value is -0.280. The van der Waals surface area contributed by atoms with Gasteiger partial charge >= 0.3 is 0 Å². The standard InChI is InChI=1S/C15H30N2O.ClH/c1-12-8-13(11-15(2,3)10-12)9-14(18)17-7-5-6-16-4;/h12-13,16H,5-11H2,1-4H3,(H,17,18);1H. The number of carbonyl (C=O) groups excluding carboxylic acids is 1. The summed E-state index contributed by atoms with van der Waals surface area (Å²) in [4.78, 5) is 11.9. The summed E-state index contributed by atoms with van der Waals surface area (Å²) in [7, 11) is 1.94. The summed E-state index contributed by atoms with van der Waals surface area (Å²) in [5.41, 5.74) is 0.411. The topological polar surface area (TPSA) is 41.1 Å². The van der Waals surface area contributed by atoms with Crippen molar-refractivity contribution in [1.82, 2.24) is 10.6 Å². The highest BCUT2D eigenvalue weighted by Crippen LogP contribution is 2.42. The first kappa shape index (κ1) is 18.7. The Morgan fingerprint density at radius 1 is 1.26 bits per heavy atom. The molecule has 0 heterocycles. The Morgan fingerprint density at radius 2 is 1.95 bits per heavy atom. The molecule has 4 heteroatoms. The maximum atomic E-state index is 11.9. The van der Waals surface area contributed by atoms with Crippen molar-refractivity contribution in [3.05, 3.63) is 0 Å². The first-order valence-corrected chi connectivity index (χ1v) is 7.34. The molecule has 0 saturated heterocycles. The second-order valence-corrected chi connectivity index (χ2v) is 6.79. The van der Waals surface area contributed by atoms with E-state index in [2.05, 4.69) is 31.4 Å². The van der Waals surface area contributed by atoms with Crippen LogP contribution in [0.2, 0.25) is 0 Å². The van der Waals surface area contributed by atoms with E-state index in [0.717, 1.165) is 25.4 Å². The number of nitrogens with one attached hydrogen (secondary N) is 2. The van der Waals surface area contributed by atoms with Crippen LogP contribution in [0.15, 0.2) is 0 Å². The zero-order valence-electron chi connectivity index (χ0n) is 12.9. The average molecular weight is 291 g/mol. The van der Waals surface area contributed by atoms with E-state index in [-0.39, 0.29) is 18.3 Å². The summed E-state index contributed by atoms with van der Waals surface area (Å²) in [6, 6.07) is 0. The number of carbonyl (C=O) groups is 1. The van der Waals surface area contributed by atoms with Crippen LogP contribution in [0.3, 0.4) is 0 Å². The molecule has 0 aromatic rings. The molecule has 0 aliphatic heterocycles. The van der Waals surface area contributed by atoms with Crippen molar-refractivity contribution in [2.45, 2.75) is 52.9 Å². The Labute approximate surface area is 124 Å². The van der Waals surface area contributed by atoms with Gasteiger partial charge in [0, 0.05) is 13.0 Å². The van der Waals surface area contributed by atoms with Crippen LogP contribution in [0.5, 0.6) is 0 Å². The molecule has 0 bridgehead atoms. The van der Waals surface area contributed by atoms with Gasteiger partial charge in [-0.3, -0.25) is 4.79 Å². The highest BCUT2D eigenvalue weighted by molar-refractivity contribution is 5.85. The summed E-state index contributed by atoms with van der Waals surface area (Å²) in [5, 5.41) is 6.12. The smallest absolute Gasteiger partial charge is 0.220 e. The zero-order chi connectivity index (χ0) is 13.6. The molecule has 2 atom stereocenters. The van der Waals surface area contributed by atoms with Crippen LogP contribution in [0, 0.1) is 17.3 Å². The minimum Gasteiger partial charge on any atom is -0.356 e. The summed E-state index contributed by atoms with van der Waals surface area (Å²) in [6.07, 6.45) is 5.43. The van der Waals surface area contributed by atoms with Gasteiger partial charge in [0.25, 0.3) is 0 Å². The van der Waals surface area contributed by atoms with E-state index in [1.807, 2.05) is 7.05 Å². The number of rotatable bonds is 6. The lowest BCUT2D eigenvalue weighted by Gasteiger charge is -2.38. The van der Waals surface area contributed by atoms with Crippen molar-refractivity contribution in [1.29, 1.82) is 0 Å². The molecule has 1 saturated carbocycles. The quantitative estimate of drug-likeness (QED) is 0.739. The molecular weight excluding hydrogens is 260 g/mol. The third-order valence-corrected chi connectivity index (χ3v) is 3.88. The van der Waals surface area contributed by atoms with Gasteiger partial charge in [-0.1, -0.05) is 20.8 Å². The fourth-order valence-electron chi connectivity index (χ4n) is 3.53. The first-order valence-electron chi connectivity index (χ1n) is 7.34. The van der Waals surface area contributed by atoms with E-state index < -0.39 is 0 Å². The molecule has 2 N–H and O–H groups in total. The molecule has 1 aliphatic carbocycles. The number of amides is 1. The third kappa shape index (κ3) is 7.78. The lowest BCUT2D eigenvalue weighted by atomic mass is 9.67. The molecule has 2 unspecified atom stereocenters. The molecule has 1 aliphatic rings. The van der Waals surface area contributed by atoms with Crippen LogP contribution in [-0.4, -0.2) is 26.0 Å². The summed E-state index contributed by atoms with van der Waals surface area (Å²) in [6.45, 7) is 8.75. The van der Waals surface area contributed by atoms with Crippen LogP contribution in [-0.2, 0) is 4.79 Å². The zero-order valence-corrected chi connectivity index (χ0v) is 13.7. The predicted octanol–water partition coefficient (Wildman–Crippen LogP) is 2.99. The Bertz CT molecular complexity index is 269. The van der Waals surface area contributed by atoms with E-state index in [9.17, 15) is 4.79 Å². The van der Waals surface area contributed by atoms with E-state index >= 15 is 0 Å². The Morgan fingerprint density at radius 3 is 2.53 bits per heavy atom. The Kier molecular flexibility index (Phi) is 8.67. The van der Waals surface area contributed by atoms with E-state index in [0.29, 0.717) is 17.8 Å². The van der Waals surface area contributed by atoms with Crippen molar-refractivity contribution >= 4 is 18.3 Å². The number of hydrogen-bond acceptors (Lipinski definition) is 2. The maximum absolute atomic E-state index is 11.9. The molecule has 3 nitrogen and oxygen atoms in total. The van der Waals surface area contributed by atoms with Gasteiger partial charge in [0.05, 0.1) is 0 Å². The molecule has 1 fully saturated rings. The normalized spacial score (nSPS) is 25.5. The van der Waals surface area contributed by atoms with Crippen molar-refractivity contribution in [2.24, 2.45) is 17.3 Å². The lowest BCUT2D eigenvalue weighted by molar-refractivity contribution is -0.122. The lowest BCUT2D eigenvalue weighted by Crippen LogP contribution is -2.33. The van der Waals surface area contributed by atoms with Gasteiger partial charge in [0.15, 0.2) is 0 Å². The van der Waals surface area contributed by atoms with Crippen LogP contribution in [0.25, 0.3) is 0 Å². The second-order valence-electron chi connectivity index (χ2n) is 6.79. The monoisotopic (exact) mass is 290 g/mol. The van der Waals surface area contributed by atoms with Crippen LogP contribution >= 0.6 is 12.4 Å². The largest absolute Gasteiger partial charge is 0.356 e. The van der Waals surface area contributed by atoms with Gasteiger partial charge in [-0.05, 0) is 56.5 Å². The summed E-state index contributed by atoms with van der Waals surface area (Å²) < 4.78 is 0. The highest BCUT2D eigenvalue weighted by Gasteiger charge is 2.32. The molecule has 1 rings (SSSR count). The first-order chi connectivity index (χ1) is 8.43. The average Bonchev–Trinajstić information content (AvgIpc) is 2.21. The summed E-state index contributed by atoms with van der Waals surface area (Å²) in [5.74, 6) is 1.57. The minimum atomic E-state index is 0. The van der Waals surface area contributed by atoms with Gasteiger partial charge in [0.1, 0.15) is 0 Å². The molecule has 114 valence electrons. The molecule has 0 aromatic heterocycles. The van der Waals surface area contributed by atoms with Gasteiger partial charge in [-0.15, -0.1) is 12.4 Å².